The van der Waals surface area contributed by atoms with E-state index in [0.29, 0.717) is 29.7 Å². The maximum absolute atomic E-state index is 13.2. The van der Waals surface area contributed by atoms with E-state index in [-0.39, 0.29) is 26.7 Å². The minimum Gasteiger partial charge on any atom is -0.496 e. The van der Waals surface area contributed by atoms with Crippen molar-refractivity contribution in [2.75, 3.05) is 11.8 Å². The number of hydrogen-bond acceptors (Lipinski definition) is 6. The highest BCUT2D eigenvalue weighted by molar-refractivity contribution is 7.92. The van der Waals surface area contributed by atoms with Gasteiger partial charge in [-0.1, -0.05) is 59.6 Å². The summed E-state index contributed by atoms with van der Waals surface area (Å²) in [6, 6.07) is 17.3. The fraction of sp³-hybridized carbons (Fsp3) is 0.231. The summed E-state index contributed by atoms with van der Waals surface area (Å²) in [5.41, 5.74) is 7.30. The number of ether oxygens (including phenoxy) is 1. The molecule has 4 N–H and O–H groups in total. The predicted octanol–water partition coefficient (Wildman–Crippen LogP) is 4.55. The van der Waals surface area contributed by atoms with Crippen LogP contribution in [0.25, 0.3) is 10.9 Å². The summed E-state index contributed by atoms with van der Waals surface area (Å²) in [7, 11) is -2.63. The highest BCUT2D eigenvalue weighted by atomic mass is 35.5. The molecule has 0 aliphatic carbocycles. The summed E-state index contributed by atoms with van der Waals surface area (Å²) in [5.74, 6) is 0.274. The Hall–Kier alpha value is -3.31. The molecule has 200 valence electrons. The molecular weight excluding hydrogens is 549 g/mol. The monoisotopic (exact) mass is 575 g/mol. The van der Waals surface area contributed by atoms with Crippen molar-refractivity contribution >= 4 is 55.9 Å². The summed E-state index contributed by atoms with van der Waals surface area (Å²) in [5, 5.41) is 7.93. The minimum atomic E-state index is -4.13. The molecule has 0 aliphatic rings. The van der Waals surface area contributed by atoms with Crippen LogP contribution >= 0.6 is 23.2 Å². The molecule has 0 fully saturated rings. The smallest absolute Gasteiger partial charge is 0.264 e. The number of halogens is 2. The fourth-order valence-electron chi connectivity index (χ4n) is 3.85. The van der Waals surface area contributed by atoms with Crippen molar-refractivity contribution in [3.63, 3.8) is 0 Å². The summed E-state index contributed by atoms with van der Waals surface area (Å²) < 4.78 is 36.2. The summed E-state index contributed by atoms with van der Waals surface area (Å²) >= 11 is 12.2. The van der Waals surface area contributed by atoms with Crippen LogP contribution in [-0.2, 0) is 27.9 Å². The van der Waals surface area contributed by atoms with Gasteiger partial charge in [-0.3, -0.25) is 14.2 Å². The van der Waals surface area contributed by atoms with Crippen molar-refractivity contribution in [3.8, 4) is 5.75 Å². The van der Waals surface area contributed by atoms with E-state index >= 15 is 0 Å². The number of aromatic nitrogens is 2. The van der Waals surface area contributed by atoms with Gasteiger partial charge in [-0.15, -0.1) is 0 Å². The number of hydrogen-bond donors (Lipinski definition) is 3. The molecular formula is C26H27Cl2N5O4S. The average molecular weight is 577 g/mol. The lowest BCUT2D eigenvalue weighted by Gasteiger charge is -2.18. The number of nitrogens with zero attached hydrogens (tertiary/aromatic N) is 2. The molecule has 1 aromatic heterocycles. The second-order valence-electron chi connectivity index (χ2n) is 9.24. The maximum atomic E-state index is 13.2. The Morgan fingerprint density at radius 2 is 1.76 bits per heavy atom. The standard InChI is InChI=1S/C26H27Cl2N5O4S/c1-26(2,29)25(34)30-14-16-7-4-8-17(13-16)15-33-19-10-6-11-20(37-3)22(19)24(31-33)32-38(35,36)21-12-5-9-18(27)23(21)28/h4-13H,14-15,29H2,1-3H3,(H,30,34)(H,31,32). The number of rotatable bonds is 9. The van der Waals surface area contributed by atoms with Gasteiger partial charge in [0.1, 0.15) is 10.6 Å². The third-order valence-corrected chi connectivity index (χ3v) is 8.07. The summed E-state index contributed by atoms with van der Waals surface area (Å²) in [6.45, 7) is 3.92. The number of methoxy groups -OCH3 is 1. The van der Waals surface area contributed by atoms with E-state index in [9.17, 15) is 13.2 Å². The zero-order valence-corrected chi connectivity index (χ0v) is 23.3. The number of amides is 1. The normalized spacial score (nSPS) is 11.9. The van der Waals surface area contributed by atoms with E-state index < -0.39 is 15.6 Å². The van der Waals surface area contributed by atoms with Gasteiger partial charge in [-0.2, -0.15) is 5.10 Å². The summed E-state index contributed by atoms with van der Waals surface area (Å²) in [4.78, 5) is 12.0. The molecule has 1 heterocycles. The number of carbonyl (C=O) groups is 1. The molecule has 0 saturated carbocycles. The van der Waals surface area contributed by atoms with Crippen LogP contribution in [0.3, 0.4) is 0 Å². The van der Waals surface area contributed by atoms with Crippen LogP contribution in [0.4, 0.5) is 5.82 Å². The molecule has 9 nitrogen and oxygen atoms in total. The molecule has 0 spiro atoms. The zero-order valence-electron chi connectivity index (χ0n) is 21.0. The Bertz CT molecular complexity index is 1610. The lowest BCUT2D eigenvalue weighted by molar-refractivity contribution is -0.125. The van der Waals surface area contributed by atoms with Gasteiger partial charge in [0.15, 0.2) is 5.82 Å². The van der Waals surface area contributed by atoms with E-state index in [1.165, 1.54) is 25.3 Å². The van der Waals surface area contributed by atoms with Crippen molar-refractivity contribution in [1.29, 1.82) is 0 Å². The zero-order chi connectivity index (χ0) is 27.7. The summed E-state index contributed by atoms with van der Waals surface area (Å²) in [6.07, 6.45) is 0. The maximum Gasteiger partial charge on any atom is 0.264 e. The van der Waals surface area contributed by atoms with Gasteiger partial charge in [0.2, 0.25) is 5.91 Å². The van der Waals surface area contributed by atoms with E-state index in [0.717, 1.165) is 11.1 Å². The third-order valence-electron chi connectivity index (χ3n) is 5.76. The van der Waals surface area contributed by atoms with Gasteiger partial charge in [0.25, 0.3) is 10.0 Å². The average Bonchev–Trinajstić information content (AvgIpc) is 3.20. The molecule has 0 radical (unpaired) electrons. The highest BCUT2D eigenvalue weighted by Crippen LogP contribution is 2.35. The molecule has 1 amide bonds. The van der Waals surface area contributed by atoms with Crippen molar-refractivity contribution in [2.45, 2.75) is 37.4 Å². The largest absolute Gasteiger partial charge is 0.496 e. The van der Waals surface area contributed by atoms with E-state index in [1.807, 2.05) is 30.3 Å². The first-order valence-corrected chi connectivity index (χ1v) is 13.8. The second kappa shape index (κ2) is 10.8. The lowest BCUT2D eigenvalue weighted by atomic mass is 10.1. The Balaban J connectivity index is 1.68. The van der Waals surface area contributed by atoms with Crippen molar-refractivity contribution in [3.05, 3.63) is 81.8 Å². The van der Waals surface area contributed by atoms with Crippen LogP contribution in [0.5, 0.6) is 5.75 Å². The van der Waals surface area contributed by atoms with E-state index in [1.54, 1.807) is 30.7 Å². The Morgan fingerprint density at radius 1 is 1.08 bits per heavy atom. The second-order valence-corrected chi connectivity index (χ2v) is 11.7. The van der Waals surface area contributed by atoms with Crippen molar-refractivity contribution < 1.29 is 17.9 Å². The Morgan fingerprint density at radius 3 is 2.47 bits per heavy atom. The molecule has 3 aromatic carbocycles. The van der Waals surface area contributed by atoms with Crippen LogP contribution in [0, 0.1) is 0 Å². The molecule has 0 saturated heterocycles. The number of anilines is 1. The molecule has 4 rings (SSSR count). The van der Waals surface area contributed by atoms with Crippen LogP contribution in [0.15, 0.2) is 65.6 Å². The molecule has 0 atom stereocenters. The molecule has 0 unspecified atom stereocenters. The van der Waals surface area contributed by atoms with Crippen LogP contribution in [0.1, 0.15) is 25.0 Å². The number of benzene rings is 3. The lowest BCUT2D eigenvalue weighted by Crippen LogP contribution is -2.48. The first kappa shape index (κ1) is 27.7. The quantitative estimate of drug-likeness (QED) is 0.268. The van der Waals surface area contributed by atoms with Gasteiger partial charge >= 0.3 is 0 Å². The van der Waals surface area contributed by atoms with Gasteiger partial charge in [-0.05, 0) is 49.2 Å². The van der Waals surface area contributed by atoms with Crippen LogP contribution in [0.2, 0.25) is 10.0 Å². The third kappa shape index (κ3) is 5.88. The SMILES string of the molecule is COc1cccc2c1c(NS(=O)(=O)c1cccc(Cl)c1Cl)nn2Cc1cccc(CNC(=O)C(C)(C)N)c1. The number of nitrogens with two attached hydrogens (primary N) is 1. The molecule has 12 heteroatoms. The van der Waals surface area contributed by atoms with Crippen LogP contribution in [-0.4, -0.2) is 36.8 Å². The molecule has 38 heavy (non-hydrogen) atoms. The number of fused-ring (bicyclic) bond motifs is 1. The topological polar surface area (TPSA) is 128 Å². The molecule has 4 aromatic rings. The number of sulfonamides is 1. The minimum absolute atomic E-state index is 0.0840. The van der Waals surface area contributed by atoms with Crippen molar-refractivity contribution in [1.82, 2.24) is 15.1 Å². The first-order chi connectivity index (χ1) is 17.9. The Kier molecular flexibility index (Phi) is 7.89. The first-order valence-electron chi connectivity index (χ1n) is 11.6. The van der Waals surface area contributed by atoms with Gasteiger partial charge in [0, 0.05) is 6.54 Å². The number of carbonyl (C=O) groups excluding carboxylic acids is 1. The number of nitrogens with one attached hydrogen (secondary N) is 2. The van der Waals surface area contributed by atoms with Gasteiger partial charge in [0.05, 0.1) is 40.1 Å². The molecule has 0 bridgehead atoms. The van der Waals surface area contributed by atoms with Gasteiger partial charge < -0.3 is 15.8 Å². The Labute approximate surface area is 230 Å². The van der Waals surface area contributed by atoms with E-state index in [4.69, 9.17) is 33.7 Å². The highest BCUT2D eigenvalue weighted by Gasteiger charge is 2.25. The van der Waals surface area contributed by atoms with Crippen LogP contribution < -0.4 is 20.5 Å². The molecule has 0 aliphatic heterocycles. The predicted molar refractivity (Wildman–Crippen MR) is 149 cm³/mol. The van der Waals surface area contributed by atoms with E-state index in [2.05, 4.69) is 15.1 Å². The van der Waals surface area contributed by atoms with Gasteiger partial charge in [-0.25, -0.2) is 8.42 Å². The van der Waals surface area contributed by atoms with Crippen molar-refractivity contribution in [2.24, 2.45) is 5.73 Å². The fourth-order valence-corrected chi connectivity index (χ4v) is 5.63.